The molecule has 1 saturated heterocycles. The van der Waals surface area contributed by atoms with E-state index < -0.39 is 17.6 Å². The van der Waals surface area contributed by atoms with Crippen LogP contribution in [0.25, 0.3) is 0 Å². The van der Waals surface area contributed by atoms with Crippen LogP contribution in [0.3, 0.4) is 0 Å². The Balaban J connectivity index is 1.57. The Bertz CT molecular complexity index is 595. The Morgan fingerprint density at radius 1 is 1.48 bits per heavy atom. The highest BCUT2D eigenvalue weighted by Crippen LogP contribution is 2.57. The highest BCUT2D eigenvalue weighted by atomic mass is 19.4. The number of carbonyl (C=O) groups excluding carboxylic acids is 1. The fraction of sp³-hybridized carbons (Fsp3) is 0.714. The summed E-state index contributed by atoms with van der Waals surface area (Å²) >= 11 is 0. The second kappa shape index (κ2) is 5.40. The predicted molar refractivity (Wildman–Crippen MR) is 76.6 cm³/mol. The predicted octanol–water partition coefficient (Wildman–Crippen LogP) is 1.20. The average molecular weight is 331 g/mol. The monoisotopic (exact) mass is 331 g/mol. The topological polar surface area (TPSA) is 76.2 Å². The lowest BCUT2D eigenvalue weighted by atomic mass is 10.0. The van der Waals surface area contributed by atoms with Crippen LogP contribution in [-0.4, -0.2) is 52.3 Å². The average Bonchev–Trinajstić information content (AvgIpc) is 3.01. The molecule has 0 radical (unpaired) electrons. The van der Waals surface area contributed by atoms with Crippen molar-refractivity contribution in [3.8, 4) is 0 Å². The molecule has 0 bridgehead atoms. The first-order valence-electron chi connectivity index (χ1n) is 7.55. The van der Waals surface area contributed by atoms with Crippen LogP contribution >= 0.6 is 0 Å². The Morgan fingerprint density at radius 3 is 2.70 bits per heavy atom. The minimum Gasteiger partial charge on any atom is -0.340 e. The Kier molecular flexibility index (Phi) is 3.78. The first-order valence-corrected chi connectivity index (χ1v) is 7.55. The molecule has 0 spiro atoms. The quantitative estimate of drug-likeness (QED) is 0.874. The van der Waals surface area contributed by atoms with Crippen molar-refractivity contribution in [1.82, 2.24) is 19.8 Å². The van der Waals surface area contributed by atoms with Gasteiger partial charge in [-0.3, -0.25) is 0 Å². The first-order chi connectivity index (χ1) is 10.7. The number of alkyl halides is 3. The molecule has 0 unspecified atom stereocenters. The van der Waals surface area contributed by atoms with E-state index in [1.165, 1.54) is 4.90 Å². The first kappa shape index (κ1) is 16.1. The van der Waals surface area contributed by atoms with Gasteiger partial charge in [0.2, 0.25) is 0 Å². The summed E-state index contributed by atoms with van der Waals surface area (Å²) in [5.74, 6) is -0.0977. The van der Waals surface area contributed by atoms with Gasteiger partial charge in [0.1, 0.15) is 0 Å². The molecule has 0 aromatic carbocycles. The van der Waals surface area contributed by atoms with Crippen LogP contribution in [0.1, 0.15) is 24.5 Å². The molecule has 2 atom stereocenters. The molecular weight excluding hydrogens is 311 g/mol. The van der Waals surface area contributed by atoms with Crippen LogP contribution in [0.4, 0.5) is 18.0 Å². The van der Waals surface area contributed by atoms with Gasteiger partial charge >= 0.3 is 12.2 Å². The molecule has 128 valence electrons. The molecule has 2 amide bonds. The van der Waals surface area contributed by atoms with Crippen molar-refractivity contribution in [2.24, 2.45) is 18.2 Å². The van der Waals surface area contributed by atoms with Gasteiger partial charge in [0.25, 0.3) is 0 Å². The third-order valence-corrected chi connectivity index (χ3v) is 4.79. The third kappa shape index (κ3) is 3.01. The number of halogens is 3. The molecular formula is C14H20F3N5O. The highest BCUT2D eigenvalue weighted by Gasteiger charge is 2.63. The number of nitrogens with zero attached hydrogens (tertiary/aromatic N) is 3. The number of likely N-dealkylation sites (tertiary alicyclic amines) is 1. The van der Waals surface area contributed by atoms with E-state index in [4.69, 9.17) is 5.73 Å². The fourth-order valence-corrected chi connectivity index (χ4v) is 3.00. The minimum atomic E-state index is -4.27. The van der Waals surface area contributed by atoms with Crippen molar-refractivity contribution in [2.45, 2.75) is 31.0 Å². The molecule has 2 heterocycles. The zero-order chi connectivity index (χ0) is 16.8. The van der Waals surface area contributed by atoms with Crippen LogP contribution in [0.2, 0.25) is 0 Å². The smallest absolute Gasteiger partial charge is 0.340 e. The number of rotatable bonds is 3. The molecule has 1 saturated carbocycles. The number of nitrogens with two attached hydrogens (primary N) is 1. The van der Waals surface area contributed by atoms with Crippen LogP contribution in [0, 0.1) is 5.41 Å². The van der Waals surface area contributed by atoms with Gasteiger partial charge in [-0.2, -0.15) is 13.2 Å². The molecule has 9 heteroatoms. The summed E-state index contributed by atoms with van der Waals surface area (Å²) in [6.45, 7) is 0.310. The summed E-state index contributed by atoms with van der Waals surface area (Å²) in [5.41, 5.74) is 5.13. The van der Waals surface area contributed by atoms with Crippen molar-refractivity contribution in [1.29, 1.82) is 0 Å². The maximum atomic E-state index is 12.9. The molecule has 2 aliphatic rings. The van der Waals surface area contributed by atoms with Crippen molar-refractivity contribution in [3.63, 3.8) is 0 Å². The van der Waals surface area contributed by atoms with Gasteiger partial charge in [0, 0.05) is 44.8 Å². The Labute approximate surface area is 131 Å². The van der Waals surface area contributed by atoms with E-state index in [0.717, 1.165) is 5.69 Å². The number of nitrogens with one attached hydrogen (secondary N) is 1. The van der Waals surface area contributed by atoms with Gasteiger partial charge in [-0.25, -0.2) is 9.78 Å². The Hall–Kier alpha value is -1.77. The number of hydrogen-bond donors (Lipinski definition) is 2. The lowest BCUT2D eigenvalue weighted by molar-refractivity contribution is -0.184. The van der Waals surface area contributed by atoms with Crippen molar-refractivity contribution >= 4 is 6.03 Å². The summed E-state index contributed by atoms with van der Waals surface area (Å²) in [6, 6.07) is -0.762. The van der Waals surface area contributed by atoms with Gasteiger partial charge in [0.15, 0.2) is 0 Å². The largest absolute Gasteiger partial charge is 0.396 e. The highest BCUT2D eigenvalue weighted by molar-refractivity contribution is 5.75. The van der Waals surface area contributed by atoms with Crippen LogP contribution < -0.4 is 11.1 Å². The number of urea groups is 1. The lowest BCUT2D eigenvalue weighted by Gasteiger charge is -2.22. The second-order valence-corrected chi connectivity index (χ2v) is 6.58. The van der Waals surface area contributed by atoms with E-state index in [-0.39, 0.29) is 31.3 Å². The molecule has 1 aromatic rings. The maximum Gasteiger partial charge on any atom is 0.396 e. The van der Waals surface area contributed by atoms with Crippen molar-refractivity contribution in [3.05, 3.63) is 18.2 Å². The molecule has 2 fully saturated rings. The standard InChI is InChI=1S/C14H20F3N5O/c1-21-6-11(20-8-21)9-4-22(5-10(9)18)12(23)19-7-13(2-3-13)14(15,16)17/h6,8-10H,2-5,7,18H2,1H3,(H,19,23)/t9-,10-/m1/s1. The van der Waals surface area contributed by atoms with Crippen molar-refractivity contribution < 1.29 is 18.0 Å². The SMILES string of the molecule is Cn1cnc([C@@H]2CN(C(=O)NCC3(C(F)(F)F)CC3)C[C@H]2N)c1. The number of hydrogen-bond acceptors (Lipinski definition) is 3. The summed E-state index contributed by atoms with van der Waals surface area (Å²) in [5, 5.41) is 2.42. The second-order valence-electron chi connectivity index (χ2n) is 6.58. The van der Waals surface area contributed by atoms with Gasteiger partial charge in [-0.1, -0.05) is 0 Å². The van der Waals surface area contributed by atoms with Crippen molar-refractivity contribution in [2.75, 3.05) is 19.6 Å². The van der Waals surface area contributed by atoms with E-state index in [1.54, 1.807) is 10.9 Å². The van der Waals surface area contributed by atoms with E-state index >= 15 is 0 Å². The molecule has 3 N–H and O–H groups in total. The number of carbonyl (C=O) groups is 1. The Morgan fingerprint density at radius 2 is 2.17 bits per heavy atom. The lowest BCUT2D eigenvalue weighted by Crippen LogP contribution is -2.44. The van der Waals surface area contributed by atoms with Gasteiger partial charge < -0.3 is 20.5 Å². The molecule has 1 aliphatic carbocycles. The number of aromatic nitrogens is 2. The van der Waals surface area contributed by atoms with E-state index in [1.807, 2.05) is 13.2 Å². The minimum absolute atomic E-state index is 0.0762. The summed E-state index contributed by atoms with van der Waals surface area (Å²) in [6.07, 6.45) is -0.613. The summed E-state index contributed by atoms with van der Waals surface area (Å²) in [4.78, 5) is 17.9. The maximum absolute atomic E-state index is 12.9. The number of aryl methyl sites for hydroxylation is 1. The van der Waals surface area contributed by atoms with Gasteiger partial charge in [-0.05, 0) is 12.8 Å². The van der Waals surface area contributed by atoms with E-state index in [0.29, 0.717) is 13.1 Å². The van der Waals surface area contributed by atoms with E-state index in [9.17, 15) is 18.0 Å². The molecule has 23 heavy (non-hydrogen) atoms. The molecule has 1 aromatic heterocycles. The number of amides is 2. The summed E-state index contributed by atoms with van der Waals surface area (Å²) in [7, 11) is 1.84. The van der Waals surface area contributed by atoms with Crippen LogP contribution in [-0.2, 0) is 7.05 Å². The normalized spacial score (nSPS) is 26.4. The fourth-order valence-electron chi connectivity index (χ4n) is 3.00. The van der Waals surface area contributed by atoms with Crippen LogP contribution in [0.15, 0.2) is 12.5 Å². The van der Waals surface area contributed by atoms with Crippen LogP contribution in [0.5, 0.6) is 0 Å². The number of imidazole rings is 1. The molecule has 6 nitrogen and oxygen atoms in total. The third-order valence-electron chi connectivity index (χ3n) is 4.79. The summed E-state index contributed by atoms with van der Waals surface area (Å²) < 4.78 is 40.4. The van der Waals surface area contributed by atoms with Gasteiger partial charge in [0.05, 0.1) is 17.4 Å². The van der Waals surface area contributed by atoms with Gasteiger partial charge in [-0.15, -0.1) is 0 Å². The zero-order valence-electron chi connectivity index (χ0n) is 12.8. The van der Waals surface area contributed by atoms with E-state index in [2.05, 4.69) is 10.3 Å². The molecule has 3 rings (SSSR count). The zero-order valence-corrected chi connectivity index (χ0v) is 12.8. The molecule has 1 aliphatic heterocycles.